The number of ether oxygens (including phenoxy) is 2. The van der Waals surface area contributed by atoms with Crippen molar-refractivity contribution >= 4 is 0 Å². The van der Waals surface area contributed by atoms with E-state index in [2.05, 4.69) is 0 Å². The lowest BCUT2D eigenvalue weighted by atomic mass is 10.1. The van der Waals surface area contributed by atoms with Crippen LogP contribution in [0.15, 0.2) is 0 Å². The van der Waals surface area contributed by atoms with Crippen molar-refractivity contribution in [1.29, 1.82) is 0 Å². The summed E-state index contributed by atoms with van der Waals surface area (Å²) in [5.41, 5.74) is 0. The van der Waals surface area contributed by atoms with Gasteiger partial charge in [-0.2, -0.15) is 0 Å². The zero-order valence-corrected chi connectivity index (χ0v) is 7.65. The number of rotatable bonds is 2. The van der Waals surface area contributed by atoms with Crippen molar-refractivity contribution in [1.82, 2.24) is 0 Å². The minimum absolute atomic E-state index is 0.126. The van der Waals surface area contributed by atoms with Crippen LogP contribution >= 0.6 is 0 Å². The van der Waals surface area contributed by atoms with Crippen molar-refractivity contribution in [2.75, 3.05) is 6.61 Å². The van der Waals surface area contributed by atoms with E-state index in [1.54, 1.807) is 20.8 Å². The van der Waals surface area contributed by atoms with E-state index in [4.69, 9.17) is 14.6 Å². The molecule has 0 saturated carbocycles. The number of aliphatic hydroxyl groups is 2. The average Bonchev–Trinajstić information content (AvgIpc) is 2.25. The second kappa shape index (κ2) is 3.30. The van der Waals surface area contributed by atoms with Crippen molar-refractivity contribution in [3.63, 3.8) is 0 Å². The predicted molar refractivity (Wildman–Crippen MR) is 42.6 cm³/mol. The van der Waals surface area contributed by atoms with Gasteiger partial charge in [0.25, 0.3) is 0 Å². The molecular weight excluding hydrogens is 160 g/mol. The Morgan fingerprint density at radius 3 is 2.33 bits per heavy atom. The maximum absolute atomic E-state index is 9.27. The molecule has 1 unspecified atom stereocenters. The Hall–Kier alpha value is -0.160. The Morgan fingerprint density at radius 1 is 1.42 bits per heavy atom. The molecule has 0 aromatic heterocycles. The van der Waals surface area contributed by atoms with Gasteiger partial charge in [0.05, 0.1) is 12.7 Å². The number of aliphatic hydroxyl groups excluding tert-OH is 2. The highest BCUT2D eigenvalue weighted by Crippen LogP contribution is 2.29. The fourth-order valence-electron chi connectivity index (χ4n) is 1.41. The summed E-state index contributed by atoms with van der Waals surface area (Å²) in [5.74, 6) is -0.699. The quantitative estimate of drug-likeness (QED) is 0.616. The second-order valence-corrected chi connectivity index (χ2v) is 3.56. The van der Waals surface area contributed by atoms with Crippen molar-refractivity contribution in [3.05, 3.63) is 0 Å². The topological polar surface area (TPSA) is 58.9 Å². The maximum Gasteiger partial charge on any atom is 0.164 e. The minimum atomic E-state index is -0.699. The molecule has 0 aromatic rings. The van der Waals surface area contributed by atoms with Crippen LogP contribution < -0.4 is 0 Å². The zero-order valence-electron chi connectivity index (χ0n) is 7.65. The van der Waals surface area contributed by atoms with E-state index in [0.29, 0.717) is 0 Å². The molecule has 72 valence electrons. The molecule has 0 spiro atoms. The molecule has 1 aliphatic heterocycles. The Kier molecular flexibility index (Phi) is 2.73. The number of hydrogen-bond acceptors (Lipinski definition) is 4. The molecule has 3 atom stereocenters. The highest BCUT2D eigenvalue weighted by Gasteiger charge is 2.42. The molecule has 0 amide bonds. The summed E-state index contributed by atoms with van der Waals surface area (Å²) in [5, 5.41) is 18.2. The van der Waals surface area contributed by atoms with Crippen molar-refractivity contribution in [2.24, 2.45) is 0 Å². The third-order valence-electron chi connectivity index (χ3n) is 1.88. The van der Waals surface area contributed by atoms with Gasteiger partial charge in [-0.1, -0.05) is 0 Å². The smallest absolute Gasteiger partial charge is 0.164 e. The van der Waals surface area contributed by atoms with Gasteiger partial charge in [-0.3, -0.25) is 0 Å². The third-order valence-corrected chi connectivity index (χ3v) is 1.88. The Bertz CT molecular complexity index is 155. The fourth-order valence-corrected chi connectivity index (χ4v) is 1.41. The van der Waals surface area contributed by atoms with Gasteiger partial charge >= 0.3 is 0 Å². The fraction of sp³-hybridized carbons (Fsp3) is 1.00. The van der Waals surface area contributed by atoms with E-state index < -0.39 is 24.1 Å². The zero-order chi connectivity index (χ0) is 9.35. The summed E-state index contributed by atoms with van der Waals surface area (Å²) < 4.78 is 10.7. The van der Waals surface area contributed by atoms with Crippen LogP contribution in [0.4, 0.5) is 0 Å². The molecule has 1 fully saturated rings. The van der Waals surface area contributed by atoms with Gasteiger partial charge in [0, 0.05) is 0 Å². The van der Waals surface area contributed by atoms with Gasteiger partial charge in [-0.05, 0) is 20.8 Å². The van der Waals surface area contributed by atoms with E-state index >= 15 is 0 Å². The molecule has 4 nitrogen and oxygen atoms in total. The number of hydrogen-bond donors (Lipinski definition) is 2. The highest BCUT2D eigenvalue weighted by atomic mass is 16.8. The monoisotopic (exact) mass is 176 g/mol. The normalized spacial score (nSPS) is 36.8. The van der Waals surface area contributed by atoms with Crippen molar-refractivity contribution < 1.29 is 19.7 Å². The third kappa shape index (κ3) is 1.95. The van der Waals surface area contributed by atoms with Crippen molar-refractivity contribution in [3.8, 4) is 0 Å². The molecule has 0 aromatic carbocycles. The van der Waals surface area contributed by atoms with Crippen LogP contribution in [0, 0.1) is 0 Å². The predicted octanol–water partition coefficient (Wildman–Crippen LogP) is -0.120. The summed E-state index contributed by atoms with van der Waals surface area (Å²) in [6, 6.07) is 0. The molecule has 0 radical (unpaired) electrons. The van der Waals surface area contributed by atoms with Crippen molar-refractivity contribution in [2.45, 2.75) is 44.9 Å². The average molecular weight is 176 g/mol. The Balaban J connectivity index is 2.63. The summed E-state index contributed by atoms with van der Waals surface area (Å²) in [7, 11) is 0. The Labute approximate surface area is 72.1 Å². The molecule has 4 heteroatoms. The van der Waals surface area contributed by atoms with E-state index in [-0.39, 0.29) is 6.61 Å². The second-order valence-electron chi connectivity index (χ2n) is 3.56. The minimum Gasteiger partial charge on any atom is -0.394 e. The van der Waals surface area contributed by atoms with E-state index in [0.717, 1.165) is 0 Å². The van der Waals surface area contributed by atoms with E-state index in [1.807, 2.05) is 0 Å². The molecule has 0 bridgehead atoms. The molecule has 1 heterocycles. The molecule has 12 heavy (non-hydrogen) atoms. The molecule has 0 aliphatic carbocycles. The highest BCUT2D eigenvalue weighted by molar-refractivity contribution is 4.84. The SMILES string of the molecule is CC(O)[C@@H]1OC(C)(C)O[C@H]1CO. The molecule has 1 saturated heterocycles. The van der Waals surface area contributed by atoms with E-state index in [9.17, 15) is 5.11 Å². The first-order valence-corrected chi connectivity index (χ1v) is 4.11. The van der Waals surface area contributed by atoms with Crippen LogP contribution in [0.1, 0.15) is 20.8 Å². The standard InChI is InChI=1S/C8H16O4/c1-5(10)7-6(4-9)11-8(2,3)12-7/h5-7,9-10H,4H2,1-3H3/t5?,6-,7-/m0/s1. The van der Waals surface area contributed by atoms with Crippen LogP contribution in [-0.4, -0.2) is 40.9 Å². The Morgan fingerprint density at radius 2 is 2.00 bits per heavy atom. The van der Waals surface area contributed by atoms with Crippen LogP contribution in [0.2, 0.25) is 0 Å². The van der Waals surface area contributed by atoms with Crippen LogP contribution in [0.5, 0.6) is 0 Å². The molecule has 2 N–H and O–H groups in total. The van der Waals surface area contributed by atoms with Gasteiger partial charge in [-0.15, -0.1) is 0 Å². The summed E-state index contributed by atoms with van der Waals surface area (Å²) in [6.45, 7) is 5.02. The lowest BCUT2D eigenvalue weighted by Gasteiger charge is -2.18. The maximum atomic E-state index is 9.27. The van der Waals surface area contributed by atoms with Gasteiger partial charge in [-0.25, -0.2) is 0 Å². The first-order valence-electron chi connectivity index (χ1n) is 4.11. The first-order chi connectivity index (χ1) is 5.46. The lowest BCUT2D eigenvalue weighted by molar-refractivity contribution is -0.155. The van der Waals surface area contributed by atoms with Crippen LogP contribution in [-0.2, 0) is 9.47 Å². The van der Waals surface area contributed by atoms with Gasteiger partial charge in [0.15, 0.2) is 5.79 Å². The van der Waals surface area contributed by atoms with Gasteiger partial charge < -0.3 is 19.7 Å². The van der Waals surface area contributed by atoms with E-state index in [1.165, 1.54) is 0 Å². The molecule has 1 rings (SSSR count). The molecular formula is C8H16O4. The van der Waals surface area contributed by atoms with Crippen LogP contribution in [0.25, 0.3) is 0 Å². The van der Waals surface area contributed by atoms with Gasteiger partial charge in [0.1, 0.15) is 12.2 Å². The summed E-state index contributed by atoms with van der Waals surface area (Å²) >= 11 is 0. The van der Waals surface area contributed by atoms with Crippen LogP contribution in [0.3, 0.4) is 0 Å². The summed E-state index contributed by atoms with van der Waals surface area (Å²) in [4.78, 5) is 0. The summed E-state index contributed by atoms with van der Waals surface area (Å²) in [6.07, 6.45) is -1.46. The molecule has 1 aliphatic rings. The van der Waals surface area contributed by atoms with Gasteiger partial charge in [0.2, 0.25) is 0 Å². The largest absolute Gasteiger partial charge is 0.394 e. The lowest BCUT2D eigenvalue weighted by Crippen LogP contribution is -2.35. The first kappa shape index (κ1) is 9.92.